The van der Waals surface area contributed by atoms with Crippen molar-refractivity contribution in [3.05, 3.63) is 76.6 Å². The van der Waals surface area contributed by atoms with Gasteiger partial charge in [0.05, 0.1) is 23.3 Å². The second-order valence-electron chi connectivity index (χ2n) is 11.3. The van der Waals surface area contributed by atoms with Crippen LogP contribution in [0.1, 0.15) is 56.6 Å². The van der Waals surface area contributed by atoms with Crippen LogP contribution in [-0.4, -0.2) is 50.7 Å². The molecule has 2 aliphatic heterocycles. The lowest BCUT2D eigenvalue weighted by Crippen LogP contribution is -2.56. The number of carbonyl (C=O) groups excluding carboxylic acids is 1. The fourth-order valence-corrected chi connectivity index (χ4v) is 7.04. The zero-order chi connectivity index (χ0) is 26.3. The van der Waals surface area contributed by atoms with Crippen molar-refractivity contribution >= 4 is 22.6 Å². The number of hydrogen-bond acceptors (Lipinski definition) is 4. The summed E-state index contributed by atoms with van der Waals surface area (Å²) in [7, 11) is 0. The first-order chi connectivity index (χ1) is 18.4. The topological polar surface area (TPSA) is 82.3 Å². The Morgan fingerprint density at radius 3 is 2.68 bits per heavy atom. The van der Waals surface area contributed by atoms with Gasteiger partial charge in [-0.2, -0.15) is 0 Å². The van der Waals surface area contributed by atoms with E-state index in [9.17, 15) is 14.0 Å². The molecule has 2 saturated heterocycles. The van der Waals surface area contributed by atoms with Crippen LogP contribution in [0.15, 0.2) is 59.7 Å². The Bertz CT molecular complexity index is 1420. The molecule has 6 rings (SSSR count). The molecule has 2 atom stereocenters. The van der Waals surface area contributed by atoms with Crippen LogP contribution in [0, 0.1) is 22.6 Å². The summed E-state index contributed by atoms with van der Waals surface area (Å²) < 4.78 is 15.5. The highest BCUT2D eigenvalue weighted by molar-refractivity contribution is 5.86. The Balaban J connectivity index is 1.24. The molecule has 2 aromatic carbocycles. The summed E-state index contributed by atoms with van der Waals surface area (Å²) >= 11 is 0. The molecule has 1 spiro atoms. The fraction of sp³-hybridized carbons (Fsp3) is 0.467. The van der Waals surface area contributed by atoms with Crippen molar-refractivity contribution in [3.8, 4) is 0 Å². The van der Waals surface area contributed by atoms with Crippen molar-refractivity contribution in [3.63, 3.8) is 0 Å². The molecule has 198 valence electrons. The third-order valence-corrected chi connectivity index (χ3v) is 9.09. The standard InChI is InChI=1S/C30H34FN5O2/c31-23-8-9-26-25(16-23)28(37)35(20-33-26)18-22-10-14-34(19-30(22)12-4-5-13-30)29(38)36-15-11-24(32)17-27(36)21-6-2-1-3-7-21/h1-3,6-9,16,20,22,27,32H,4-5,10-15,17-19H2/t22-,27-/m0/s1. The van der Waals surface area contributed by atoms with Gasteiger partial charge in [-0.25, -0.2) is 14.2 Å². The Hall–Kier alpha value is -3.55. The number of rotatable bonds is 3. The molecule has 1 aliphatic carbocycles. The van der Waals surface area contributed by atoms with Crippen LogP contribution in [-0.2, 0) is 6.54 Å². The molecule has 1 aromatic heterocycles. The predicted octanol–water partition coefficient (Wildman–Crippen LogP) is 5.39. The number of aromatic nitrogens is 2. The van der Waals surface area contributed by atoms with Crippen LogP contribution in [0.3, 0.4) is 0 Å². The van der Waals surface area contributed by atoms with E-state index in [1.165, 1.54) is 12.1 Å². The zero-order valence-electron chi connectivity index (χ0n) is 21.6. The molecule has 0 bridgehead atoms. The Kier molecular flexibility index (Phi) is 6.50. The van der Waals surface area contributed by atoms with Crippen LogP contribution in [0.4, 0.5) is 9.18 Å². The average Bonchev–Trinajstić information content (AvgIpc) is 3.40. The van der Waals surface area contributed by atoms with Crippen molar-refractivity contribution in [2.45, 2.75) is 57.5 Å². The molecule has 3 aromatic rings. The Morgan fingerprint density at radius 1 is 1.11 bits per heavy atom. The monoisotopic (exact) mass is 515 g/mol. The maximum atomic E-state index is 14.0. The third kappa shape index (κ3) is 4.50. The number of hydrogen-bond donors (Lipinski definition) is 1. The van der Waals surface area contributed by atoms with Crippen molar-refractivity contribution in [2.24, 2.45) is 11.3 Å². The molecule has 7 nitrogen and oxygen atoms in total. The number of nitrogens with zero attached hydrogens (tertiary/aromatic N) is 4. The molecular weight excluding hydrogens is 481 g/mol. The highest BCUT2D eigenvalue weighted by atomic mass is 19.1. The first kappa shape index (κ1) is 24.8. The van der Waals surface area contributed by atoms with E-state index in [-0.39, 0.29) is 29.0 Å². The lowest BCUT2D eigenvalue weighted by molar-refractivity contribution is 0.0250. The van der Waals surface area contributed by atoms with E-state index >= 15 is 0 Å². The summed E-state index contributed by atoms with van der Waals surface area (Å²) in [6.45, 7) is 2.44. The first-order valence-corrected chi connectivity index (χ1v) is 13.7. The lowest BCUT2D eigenvalue weighted by Gasteiger charge is -2.49. The SMILES string of the molecule is N=C1CCN(C(=O)N2CC[C@@H](Cn3cnc4ccc(F)cc4c3=O)C3(CCCC3)C2)[C@H](c2ccccc2)C1. The minimum Gasteiger partial charge on any atom is -0.324 e. The molecule has 0 unspecified atom stereocenters. The number of urea groups is 1. The van der Waals surface area contributed by atoms with Gasteiger partial charge in [0.25, 0.3) is 5.56 Å². The van der Waals surface area contributed by atoms with Gasteiger partial charge in [-0.3, -0.25) is 9.36 Å². The number of piperidine rings is 2. The molecule has 8 heteroatoms. The van der Waals surface area contributed by atoms with Crippen LogP contribution in [0.25, 0.3) is 10.9 Å². The fourth-order valence-electron chi connectivity index (χ4n) is 7.04. The van der Waals surface area contributed by atoms with Gasteiger partial charge in [0.1, 0.15) is 5.82 Å². The molecular formula is C30H34FN5O2. The summed E-state index contributed by atoms with van der Waals surface area (Å²) in [6.07, 6.45) is 7.95. The number of halogens is 1. The summed E-state index contributed by atoms with van der Waals surface area (Å²) in [5, 5.41) is 8.59. The first-order valence-electron chi connectivity index (χ1n) is 13.7. The van der Waals surface area contributed by atoms with Gasteiger partial charge >= 0.3 is 6.03 Å². The summed E-state index contributed by atoms with van der Waals surface area (Å²) in [6, 6.07) is 14.2. The molecule has 2 amide bonds. The lowest BCUT2D eigenvalue weighted by atomic mass is 9.69. The average molecular weight is 516 g/mol. The van der Waals surface area contributed by atoms with Gasteiger partial charge in [0, 0.05) is 44.7 Å². The molecule has 1 saturated carbocycles. The number of nitrogens with one attached hydrogen (secondary N) is 1. The maximum Gasteiger partial charge on any atom is 0.320 e. The van der Waals surface area contributed by atoms with E-state index in [0.29, 0.717) is 55.6 Å². The van der Waals surface area contributed by atoms with E-state index < -0.39 is 5.82 Å². The number of amides is 2. The van der Waals surface area contributed by atoms with E-state index in [4.69, 9.17) is 5.41 Å². The molecule has 3 heterocycles. The molecule has 0 radical (unpaired) electrons. The maximum absolute atomic E-state index is 14.0. The van der Waals surface area contributed by atoms with Crippen LogP contribution in [0.5, 0.6) is 0 Å². The Labute approximate surface area is 221 Å². The summed E-state index contributed by atoms with van der Waals surface area (Å²) in [5.41, 5.74) is 2.04. The van der Waals surface area contributed by atoms with Gasteiger partial charge < -0.3 is 15.2 Å². The van der Waals surface area contributed by atoms with Crippen LogP contribution in [0.2, 0.25) is 0 Å². The number of benzene rings is 2. The number of carbonyl (C=O) groups is 1. The van der Waals surface area contributed by atoms with Crippen molar-refractivity contribution < 1.29 is 9.18 Å². The van der Waals surface area contributed by atoms with Crippen molar-refractivity contribution in [2.75, 3.05) is 19.6 Å². The van der Waals surface area contributed by atoms with E-state index in [1.54, 1.807) is 17.0 Å². The van der Waals surface area contributed by atoms with Gasteiger partial charge in [-0.1, -0.05) is 43.2 Å². The van der Waals surface area contributed by atoms with Crippen molar-refractivity contribution in [1.29, 1.82) is 5.41 Å². The second-order valence-corrected chi connectivity index (χ2v) is 11.3. The quantitative estimate of drug-likeness (QED) is 0.507. The Morgan fingerprint density at radius 2 is 1.89 bits per heavy atom. The minimum absolute atomic E-state index is 0.0328. The smallest absolute Gasteiger partial charge is 0.320 e. The van der Waals surface area contributed by atoms with Gasteiger partial charge in [0.2, 0.25) is 0 Å². The van der Waals surface area contributed by atoms with E-state index in [2.05, 4.69) is 17.1 Å². The van der Waals surface area contributed by atoms with Crippen molar-refractivity contribution in [1.82, 2.24) is 19.4 Å². The van der Waals surface area contributed by atoms with E-state index in [0.717, 1.165) is 37.7 Å². The zero-order valence-corrected chi connectivity index (χ0v) is 21.6. The minimum atomic E-state index is -0.435. The number of likely N-dealkylation sites (tertiary alicyclic amines) is 2. The normalized spacial score (nSPS) is 23.3. The van der Waals surface area contributed by atoms with Gasteiger partial charge in [-0.05, 0) is 54.4 Å². The van der Waals surface area contributed by atoms with Crippen LogP contribution < -0.4 is 5.56 Å². The molecule has 3 aliphatic rings. The summed E-state index contributed by atoms with van der Waals surface area (Å²) in [5.74, 6) is -0.186. The third-order valence-electron chi connectivity index (χ3n) is 9.09. The van der Waals surface area contributed by atoms with E-state index in [1.807, 2.05) is 28.0 Å². The molecule has 1 N–H and O–H groups in total. The predicted molar refractivity (Wildman–Crippen MR) is 145 cm³/mol. The highest BCUT2D eigenvalue weighted by Crippen LogP contribution is 2.49. The van der Waals surface area contributed by atoms with Gasteiger partial charge in [0.15, 0.2) is 0 Å². The highest BCUT2D eigenvalue weighted by Gasteiger charge is 2.47. The van der Waals surface area contributed by atoms with Gasteiger partial charge in [-0.15, -0.1) is 0 Å². The second kappa shape index (κ2) is 9.97. The largest absolute Gasteiger partial charge is 0.324 e. The molecule has 38 heavy (non-hydrogen) atoms. The summed E-state index contributed by atoms with van der Waals surface area (Å²) in [4.78, 5) is 35.6. The van der Waals surface area contributed by atoms with Crippen LogP contribution >= 0.6 is 0 Å². The molecule has 3 fully saturated rings. The number of fused-ring (bicyclic) bond motifs is 1.